The highest BCUT2D eigenvalue weighted by atomic mass is 16.5. The topological polar surface area (TPSA) is 26.3 Å². The Morgan fingerprint density at radius 2 is 1.04 bits per heavy atom. The lowest BCUT2D eigenvalue weighted by molar-refractivity contribution is -0.921. The first-order valence-electron chi connectivity index (χ1n) is 11.6. The second-order valence-electron chi connectivity index (χ2n) is 8.07. The zero-order valence-electron chi connectivity index (χ0n) is 18.5. The third kappa shape index (κ3) is 13.6. The predicted octanol–water partition coefficient (Wildman–Crippen LogP) is 6.50. The Kier molecular flexibility index (Phi) is 17.4. The molecule has 0 aliphatic carbocycles. The van der Waals surface area contributed by atoms with Gasteiger partial charge in [-0.05, 0) is 25.7 Å². The SMILES string of the molecule is CCCCCCCCCCCCOC(=O)C[N+](CCC)(CCC)CCC. The first-order valence-corrected chi connectivity index (χ1v) is 11.6. The van der Waals surface area contributed by atoms with E-state index in [1.165, 1.54) is 57.8 Å². The summed E-state index contributed by atoms with van der Waals surface area (Å²) in [6, 6.07) is 0. The van der Waals surface area contributed by atoms with Crippen molar-refractivity contribution in [2.75, 3.05) is 32.8 Å². The molecule has 0 N–H and O–H groups in total. The van der Waals surface area contributed by atoms with Crippen molar-refractivity contribution in [1.29, 1.82) is 0 Å². The lowest BCUT2D eigenvalue weighted by atomic mass is 10.1. The molecule has 0 aromatic carbocycles. The van der Waals surface area contributed by atoms with Crippen molar-refractivity contribution < 1.29 is 14.0 Å². The predicted molar refractivity (Wildman–Crippen MR) is 113 cm³/mol. The van der Waals surface area contributed by atoms with Crippen LogP contribution in [0.4, 0.5) is 0 Å². The van der Waals surface area contributed by atoms with Crippen LogP contribution in [-0.2, 0) is 9.53 Å². The van der Waals surface area contributed by atoms with Crippen LogP contribution in [0.5, 0.6) is 0 Å². The maximum atomic E-state index is 12.3. The molecule has 26 heavy (non-hydrogen) atoms. The molecule has 0 heterocycles. The monoisotopic (exact) mass is 370 g/mol. The number of rotatable bonds is 19. The van der Waals surface area contributed by atoms with Crippen LogP contribution in [-0.4, -0.2) is 43.2 Å². The standard InChI is InChI=1S/C23H48NO2/c1-5-9-10-11-12-13-14-15-16-17-21-26-23(25)22-24(18-6-2,19-7-3)20-8-4/h5-22H2,1-4H3/q+1. The van der Waals surface area contributed by atoms with Gasteiger partial charge < -0.3 is 9.22 Å². The Morgan fingerprint density at radius 3 is 1.46 bits per heavy atom. The van der Waals surface area contributed by atoms with E-state index in [0.717, 1.165) is 49.8 Å². The summed E-state index contributed by atoms with van der Waals surface area (Å²) < 4.78 is 6.47. The number of ether oxygens (including phenoxy) is 1. The summed E-state index contributed by atoms with van der Waals surface area (Å²) >= 11 is 0. The summed E-state index contributed by atoms with van der Waals surface area (Å²) in [5.74, 6) is 0.0104. The minimum Gasteiger partial charge on any atom is -0.462 e. The lowest BCUT2D eigenvalue weighted by Crippen LogP contribution is -2.53. The number of hydrogen-bond acceptors (Lipinski definition) is 2. The quantitative estimate of drug-likeness (QED) is 0.147. The lowest BCUT2D eigenvalue weighted by Gasteiger charge is -2.37. The van der Waals surface area contributed by atoms with Gasteiger partial charge in [-0.3, -0.25) is 0 Å². The number of quaternary nitrogens is 1. The Hall–Kier alpha value is -0.570. The van der Waals surface area contributed by atoms with Crippen molar-refractivity contribution >= 4 is 5.97 Å². The number of carbonyl (C=O) groups excluding carboxylic acids is 1. The summed E-state index contributed by atoms with van der Waals surface area (Å²) in [6.07, 6.45) is 16.5. The Morgan fingerprint density at radius 1 is 0.615 bits per heavy atom. The van der Waals surface area contributed by atoms with E-state index >= 15 is 0 Å². The van der Waals surface area contributed by atoms with E-state index in [9.17, 15) is 4.79 Å². The van der Waals surface area contributed by atoms with E-state index in [4.69, 9.17) is 4.74 Å². The van der Waals surface area contributed by atoms with E-state index in [-0.39, 0.29) is 5.97 Å². The highest BCUT2D eigenvalue weighted by Crippen LogP contribution is 2.13. The third-order valence-corrected chi connectivity index (χ3v) is 5.32. The summed E-state index contributed by atoms with van der Waals surface area (Å²) in [5, 5.41) is 0. The van der Waals surface area contributed by atoms with Gasteiger partial charge in [0.05, 0.1) is 26.2 Å². The molecule has 0 aromatic rings. The van der Waals surface area contributed by atoms with Crippen LogP contribution in [0.2, 0.25) is 0 Å². The molecule has 0 radical (unpaired) electrons. The highest BCUT2D eigenvalue weighted by molar-refractivity contribution is 5.70. The fraction of sp³-hybridized carbons (Fsp3) is 0.957. The molecular weight excluding hydrogens is 322 g/mol. The van der Waals surface area contributed by atoms with Gasteiger partial charge in [-0.2, -0.15) is 0 Å². The van der Waals surface area contributed by atoms with Crippen molar-refractivity contribution in [3.05, 3.63) is 0 Å². The van der Waals surface area contributed by atoms with Gasteiger partial charge in [0.2, 0.25) is 0 Å². The molecule has 0 bridgehead atoms. The van der Waals surface area contributed by atoms with Crippen molar-refractivity contribution in [1.82, 2.24) is 0 Å². The van der Waals surface area contributed by atoms with Gasteiger partial charge in [-0.25, -0.2) is 4.79 Å². The van der Waals surface area contributed by atoms with Gasteiger partial charge in [-0.15, -0.1) is 0 Å². The van der Waals surface area contributed by atoms with Gasteiger partial charge in [0, 0.05) is 0 Å². The molecule has 0 atom stereocenters. The molecule has 0 rings (SSSR count). The van der Waals surface area contributed by atoms with Crippen LogP contribution in [0.15, 0.2) is 0 Å². The number of esters is 1. The van der Waals surface area contributed by atoms with Crippen molar-refractivity contribution in [3.8, 4) is 0 Å². The summed E-state index contributed by atoms with van der Waals surface area (Å²) in [4.78, 5) is 12.3. The normalized spacial score (nSPS) is 11.7. The molecule has 0 saturated carbocycles. The van der Waals surface area contributed by atoms with Gasteiger partial charge in [0.15, 0.2) is 6.54 Å². The number of carbonyl (C=O) groups is 1. The van der Waals surface area contributed by atoms with Crippen LogP contribution >= 0.6 is 0 Å². The van der Waals surface area contributed by atoms with Crippen LogP contribution in [0.25, 0.3) is 0 Å². The van der Waals surface area contributed by atoms with Crippen LogP contribution in [0.1, 0.15) is 111 Å². The van der Waals surface area contributed by atoms with Gasteiger partial charge in [0.1, 0.15) is 0 Å². The molecule has 3 nitrogen and oxygen atoms in total. The van der Waals surface area contributed by atoms with E-state index in [1.54, 1.807) is 0 Å². The fourth-order valence-corrected chi connectivity index (χ4v) is 4.09. The second kappa shape index (κ2) is 17.8. The Bertz CT molecular complexity index is 300. The Labute approximate surface area is 164 Å². The zero-order chi connectivity index (χ0) is 19.5. The van der Waals surface area contributed by atoms with Gasteiger partial charge in [0.25, 0.3) is 0 Å². The van der Waals surface area contributed by atoms with E-state index in [2.05, 4.69) is 27.7 Å². The minimum atomic E-state index is 0.0104. The first-order chi connectivity index (χ1) is 12.6. The summed E-state index contributed by atoms with van der Waals surface area (Å²) in [7, 11) is 0. The average molecular weight is 371 g/mol. The Balaban J connectivity index is 3.79. The molecule has 0 aliphatic rings. The number of hydrogen-bond donors (Lipinski definition) is 0. The summed E-state index contributed by atoms with van der Waals surface area (Å²) in [6.45, 7) is 13.4. The van der Waals surface area contributed by atoms with Crippen molar-refractivity contribution in [2.45, 2.75) is 111 Å². The number of nitrogens with zero attached hydrogens (tertiary/aromatic N) is 1. The minimum absolute atomic E-state index is 0.0104. The van der Waals surface area contributed by atoms with Gasteiger partial charge >= 0.3 is 5.97 Å². The maximum absolute atomic E-state index is 12.3. The van der Waals surface area contributed by atoms with E-state index < -0.39 is 0 Å². The molecule has 0 fully saturated rings. The maximum Gasteiger partial charge on any atom is 0.361 e. The van der Waals surface area contributed by atoms with E-state index in [1.807, 2.05) is 0 Å². The molecule has 3 heteroatoms. The third-order valence-electron chi connectivity index (χ3n) is 5.32. The average Bonchev–Trinajstić information content (AvgIpc) is 2.60. The summed E-state index contributed by atoms with van der Waals surface area (Å²) in [5.41, 5.74) is 0. The van der Waals surface area contributed by atoms with Crippen molar-refractivity contribution in [3.63, 3.8) is 0 Å². The molecular formula is C23H48NO2+. The molecule has 0 aromatic heterocycles. The van der Waals surface area contributed by atoms with Crippen LogP contribution in [0, 0.1) is 0 Å². The highest BCUT2D eigenvalue weighted by Gasteiger charge is 2.28. The van der Waals surface area contributed by atoms with Crippen molar-refractivity contribution in [2.24, 2.45) is 0 Å². The second-order valence-corrected chi connectivity index (χ2v) is 8.07. The largest absolute Gasteiger partial charge is 0.462 e. The first kappa shape index (κ1) is 25.4. The molecule has 0 unspecified atom stereocenters. The molecule has 0 saturated heterocycles. The van der Waals surface area contributed by atoms with E-state index in [0.29, 0.717) is 13.2 Å². The molecule has 0 spiro atoms. The van der Waals surface area contributed by atoms with Gasteiger partial charge in [-0.1, -0.05) is 85.5 Å². The smallest absolute Gasteiger partial charge is 0.361 e. The number of unbranched alkanes of at least 4 members (excludes halogenated alkanes) is 9. The molecule has 0 amide bonds. The zero-order valence-corrected chi connectivity index (χ0v) is 18.5. The van der Waals surface area contributed by atoms with Crippen LogP contribution in [0.3, 0.4) is 0 Å². The molecule has 156 valence electrons. The fourth-order valence-electron chi connectivity index (χ4n) is 4.09. The van der Waals surface area contributed by atoms with Crippen LogP contribution < -0.4 is 0 Å². The molecule has 0 aliphatic heterocycles.